The van der Waals surface area contributed by atoms with Crippen LogP contribution in [0.3, 0.4) is 0 Å². The first-order chi connectivity index (χ1) is 17.1. The maximum Gasteiger partial charge on any atom is 0.410 e. The van der Waals surface area contributed by atoms with Gasteiger partial charge in [0.05, 0.1) is 11.0 Å². The third kappa shape index (κ3) is 6.52. The number of halogens is 1. The molecule has 0 spiro atoms. The third-order valence-corrected chi connectivity index (χ3v) is 7.12. The number of nitrogens with zero attached hydrogens (tertiary/aromatic N) is 3. The molecule has 4 rings (SSSR count). The minimum Gasteiger partial charge on any atom is -0.486 e. The fourth-order valence-electron chi connectivity index (χ4n) is 4.84. The predicted molar refractivity (Wildman–Crippen MR) is 145 cm³/mol. The second kappa shape index (κ2) is 11.1. The van der Waals surface area contributed by atoms with E-state index in [1.165, 1.54) is 11.1 Å². The van der Waals surface area contributed by atoms with Crippen LogP contribution in [0.5, 0.6) is 5.75 Å². The average Bonchev–Trinajstić information content (AvgIpc) is 3.18. The molecule has 1 unspecified atom stereocenters. The first kappa shape index (κ1) is 26.3. The Balaban J connectivity index is 1.43. The Labute approximate surface area is 219 Å². The van der Waals surface area contributed by atoms with Gasteiger partial charge in [0.2, 0.25) is 0 Å². The maximum atomic E-state index is 12.5. The number of aromatic nitrogens is 2. The molecule has 2 aromatic carbocycles. The van der Waals surface area contributed by atoms with E-state index in [0.717, 1.165) is 67.9 Å². The number of rotatable bonds is 7. The lowest BCUT2D eigenvalue weighted by molar-refractivity contribution is 0.0160. The van der Waals surface area contributed by atoms with Crippen LogP contribution in [0.2, 0.25) is 5.02 Å². The molecular formula is C29H38ClN3O3. The second-order valence-electron chi connectivity index (χ2n) is 10.9. The van der Waals surface area contributed by atoms with Crippen molar-refractivity contribution in [3.8, 4) is 5.75 Å². The molecular weight excluding hydrogens is 474 g/mol. The van der Waals surface area contributed by atoms with Gasteiger partial charge in [-0.2, -0.15) is 0 Å². The van der Waals surface area contributed by atoms with Gasteiger partial charge in [-0.05, 0) is 108 Å². The molecule has 36 heavy (non-hydrogen) atoms. The Morgan fingerprint density at radius 2 is 1.89 bits per heavy atom. The fourth-order valence-corrected chi connectivity index (χ4v) is 4.97. The number of piperidine rings is 1. The van der Waals surface area contributed by atoms with Gasteiger partial charge in [0, 0.05) is 24.7 Å². The lowest BCUT2D eigenvalue weighted by Crippen LogP contribution is -2.42. The zero-order chi connectivity index (χ0) is 25.9. The number of fused-ring (bicyclic) bond motifs is 1. The smallest absolute Gasteiger partial charge is 0.410 e. The van der Waals surface area contributed by atoms with Gasteiger partial charge >= 0.3 is 6.09 Å². The molecule has 6 nitrogen and oxygen atoms in total. The van der Waals surface area contributed by atoms with E-state index in [1.54, 1.807) is 0 Å². The summed E-state index contributed by atoms with van der Waals surface area (Å²) in [5.41, 5.74) is 4.17. The van der Waals surface area contributed by atoms with Gasteiger partial charge < -0.3 is 18.9 Å². The van der Waals surface area contributed by atoms with Crippen molar-refractivity contribution in [3.63, 3.8) is 0 Å². The highest BCUT2D eigenvalue weighted by molar-refractivity contribution is 6.30. The number of aryl methyl sites for hydroxylation is 3. The van der Waals surface area contributed by atoms with Crippen molar-refractivity contribution in [2.24, 2.45) is 5.92 Å². The van der Waals surface area contributed by atoms with E-state index < -0.39 is 5.60 Å². The second-order valence-corrected chi connectivity index (χ2v) is 11.3. The van der Waals surface area contributed by atoms with Gasteiger partial charge in [0.15, 0.2) is 0 Å². The first-order valence-electron chi connectivity index (χ1n) is 12.9. The van der Waals surface area contributed by atoms with E-state index in [4.69, 9.17) is 26.1 Å². The van der Waals surface area contributed by atoms with Crippen LogP contribution in [-0.2, 0) is 17.9 Å². The van der Waals surface area contributed by atoms with E-state index in [0.29, 0.717) is 17.5 Å². The SMILES string of the molecule is Cc1ccc2c(nc(COc3ccc(Cl)cc3)n2CCCC2CCCN(C(=O)OC(C)(C)C)C2)c1C. The molecule has 1 aliphatic rings. The number of carbonyl (C=O) groups excluding carboxylic acids is 1. The van der Waals surface area contributed by atoms with E-state index in [2.05, 4.69) is 30.5 Å². The van der Waals surface area contributed by atoms with Crippen LogP contribution in [0.25, 0.3) is 11.0 Å². The quantitative estimate of drug-likeness (QED) is 0.333. The number of imidazole rings is 1. The summed E-state index contributed by atoms with van der Waals surface area (Å²) < 4.78 is 14.0. The van der Waals surface area contributed by atoms with Crippen molar-refractivity contribution in [1.29, 1.82) is 0 Å². The minimum absolute atomic E-state index is 0.194. The Kier molecular flexibility index (Phi) is 8.13. The highest BCUT2D eigenvalue weighted by Gasteiger charge is 2.27. The van der Waals surface area contributed by atoms with Crippen molar-refractivity contribution in [2.45, 2.75) is 79.1 Å². The Morgan fingerprint density at radius 3 is 2.61 bits per heavy atom. The number of amides is 1. The molecule has 2 heterocycles. The fraction of sp³-hybridized carbons (Fsp3) is 0.517. The van der Waals surface area contributed by atoms with Crippen molar-refractivity contribution in [2.75, 3.05) is 13.1 Å². The summed E-state index contributed by atoms with van der Waals surface area (Å²) >= 11 is 6.01. The van der Waals surface area contributed by atoms with E-state index in [1.807, 2.05) is 49.9 Å². The summed E-state index contributed by atoms with van der Waals surface area (Å²) in [6, 6.07) is 11.8. The number of ether oxygens (including phenoxy) is 2. The first-order valence-corrected chi connectivity index (χ1v) is 13.3. The lowest BCUT2D eigenvalue weighted by atomic mass is 9.93. The van der Waals surface area contributed by atoms with Crippen LogP contribution in [-0.4, -0.2) is 39.2 Å². The summed E-state index contributed by atoms with van der Waals surface area (Å²) in [5.74, 6) is 2.18. The summed E-state index contributed by atoms with van der Waals surface area (Å²) in [6.45, 7) is 12.8. The van der Waals surface area contributed by atoms with Crippen LogP contribution < -0.4 is 4.74 Å². The zero-order valence-corrected chi connectivity index (χ0v) is 22.9. The molecule has 3 aromatic rings. The number of likely N-dealkylation sites (tertiary alicyclic amines) is 1. The van der Waals surface area contributed by atoms with Crippen LogP contribution >= 0.6 is 11.6 Å². The molecule has 1 aromatic heterocycles. The molecule has 1 atom stereocenters. The summed E-state index contributed by atoms with van der Waals surface area (Å²) in [4.78, 5) is 19.4. The normalized spacial score (nSPS) is 16.4. The standard InChI is InChI=1S/C29H38ClN3O3/c1-20-10-15-25-27(21(20)2)31-26(19-35-24-13-11-23(30)12-14-24)33(25)17-7-9-22-8-6-16-32(18-22)28(34)36-29(3,4)5/h10-15,22H,6-9,16-19H2,1-5H3. The summed E-state index contributed by atoms with van der Waals surface area (Å²) in [5, 5.41) is 0.689. The number of hydrogen-bond donors (Lipinski definition) is 0. The highest BCUT2D eigenvalue weighted by Crippen LogP contribution is 2.27. The molecule has 1 fully saturated rings. The van der Waals surface area contributed by atoms with Crippen LogP contribution in [0.1, 0.15) is 63.4 Å². The van der Waals surface area contributed by atoms with E-state index >= 15 is 0 Å². The molecule has 1 amide bonds. The minimum atomic E-state index is -0.465. The molecule has 1 aliphatic heterocycles. The zero-order valence-electron chi connectivity index (χ0n) is 22.1. The maximum absolute atomic E-state index is 12.5. The van der Waals surface area contributed by atoms with Gasteiger partial charge in [0.25, 0.3) is 0 Å². The topological polar surface area (TPSA) is 56.6 Å². The molecule has 0 saturated carbocycles. The summed E-state index contributed by atoms with van der Waals surface area (Å²) in [7, 11) is 0. The van der Waals surface area contributed by atoms with Gasteiger partial charge in [-0.3, -0.25) is 0 Å². The van der Waals surface area contributed by atoms with Gasteiger partial charge in [0.1, 0.15) is 23.8 Å². The molecule has 1 saturated heterocycles. The van der Waals surface area contributed by atoms with E-state index in [-0.39, 0.29) is 6.09 Å². The van der Waals surface area contributed by atoms with Crippen molar-refractivity contribution < 1.29 is 14.3 Å². The average molecular weight is 512 g/mol. The predicted octanol–water partition coefficient (Wildman–Crippen LogP) is 7.31. The summed E-state index contributed by atoms with van der Waals surface area (Å²) in [6.07, 6.45) is 4.05. The Hall–Kier alpha value is -2.73. The molecule has 7 heteroatoms. The number of hydrogen-bond acceptors (Lipinski definition) is 4. The molecule has 0 bridgehead atoms. The monoisotopic (exact) mass is 511 g/mol. The van der Waals surface area contributed by atoms with E-state index in [9.17, 15) is 4.79 Å². The molecule has 0 N–H and O–H groups in total. The van der Waals surface area contributed by atoms with Crippen molar-refractivity contribution in [3.05, 3.63) is 58.4 Å². The molecule has 0 aliphatic carbocycles. The van der Waals surface area contributed by atoms with Gasteiger partial charge in [-0.1, -0.05) is 17.7 Å². The van der Waals surface area contributed by atoms with Crippen molar-refractivity contribution >= 4 is 28.7 Å². The molecule has 194 valence electrons. The number of benzene rings is 2. The molecule has 0 radical (unpaired) electrons. The van der Waals surface area contributed by atoms with Crippen LogP contribution in [0.15, 0.2) is 36.4 Å². The van der Waals surface area contributed by atoms with Crippen molar-refractivity contribution in [1.82, 2.24) is 14.5 Å². The third-order valence-electron chi connectivity index (χ3n) is 6.87. The Bertz CT molecular complexity index is 1200. The van der Waals surface area contributed by atoms with Crippen LogP contribution in [0, 0.1) is 19.8 Å². The highest BCUT2D eigenvalue weighted by atomic mass is 35.5. The lowest BCUT2D eigenvalue weighted by Gasteiger charge is -2.34. The largest absolute Gasteiger partial charge is 0.486 e. The van der Waals surface area contributed by atoms with Crippen LogP contribution in [0.4, 0.5) is 4.79 Å². The van der Waals surface area contributed by atoms with Gasteiger partial charge in [-0.15, -0.1) is 0 Å². The van der Waals surface area contributed by atoms with Gasteiger partial charge in [-0.25, -0.2) is 9.78 Å². The number of carbonyl (C=O) groups is 1. The Morgan fingerprint density at radius 1 is 1.14 bits per heavy atom.